The second-order valence-corrected chi connectivity index (χ2v) is 10.6. The number of aromatic carboxylic acids is 1. The molecule has 1 aromatic rings. The summed E-state index contributed by atoms with van der Waals surface area (Å²) in [6.07, 6.45) is -0.352. The zero-order valence-corrected chi connectivity index (χ0v) is 22.4. The molecule has 0 spiro atoms. The predicted octanol–water partition coefficient (Wildman–Crippen LogP) is 2.78. The molecule has 0 saturated carbocycles. The minimum atomic E-state index is -4.24. The van der Waals surface area contributed by atoms with Crippen molar-refractivity contribution >= 4 is 118 Å². The van der Waals surface area contributed by atoms with Crippen molar-refractivity contribution in [3.05, 3.63) is 25.4 Å². The lowest BCUT2D eigenvalue weighted by atomic mass is 10.1. The number of carboxylic acid groups (broad SMARTS) is 1. The van der Waals surface area contributed by atoms with Crippen LogP contribution in [0.2, 0.25) is 0 Å². The van der Waals surface area contributed by atoms with Crippen molar-refractivity contribution in [1.29, 1.82) is 0 Å². The van der Waals surface area contributed by atoms with Gasteiger partial charge in [-0.25, -0.2) is 9.59 Å². The number of esters is 2. The third kappa shape index (κ3) is 7.66. The van der Waals surface area contributed by atoms with Gasteiger partial charge in [-0.3, -0.25) is 9.35 Å². The molecule has 0 saturated heterocycles. The van der Waals surface area contributed by atoms with Crippen LogP contribution in [0, 0.1) is 14.3 Å². The molecule has 0 aliphatic rings. The van der Waals surface area contributed by atoms with Gasteiger partial charge in [0.15, 0.2) is 0 Å². The topological polar surface area (TPSA) is 144 Å². The van der Waals surface area contributed by atoms with E-state index in [1.807, 2.05) is 90.4 Å². The first kappa shape index (κ1) is 25.5. The third-order valence-electron chi connectivity index (χ3n) is 2.83. The summed E-state index contributed by atoms with van der Waals surface area (Å²) >= 11 is 7.69. The van der Waals surface area contributed by atoms with Gasteiger partial charge >= 0.3 is 17.9 Å². The van der Waals surface area contributed by atoms with Crippen molar-refractivity contribution in [2.75, 3.05) is 19.0 Å². The van der Waals surface area contributed by atoms with Crippen molar-refractivity contribution in [1.82, 2.24) is 0 Å². The third-order valence-corrected chi connectivity index (χ3v) is 10.9. The highest BCUT2D eigenvalue weighted by molar-refractivity contribution is 14.1. The van der Waals surface area contributed by atoms with E-state index in [9.17, 15) is 27.9 Å². The number of hydrogen-bond donors (Lipinski definition) is 2. The van der Waals surface area contributed by atoms with Gasteiger partial charge in [0.25, 0.3) is 10.1 Å². The Morgan fingerprint density at radius 2 is 1.37 bits per heavy atom. The number of ether oxygens (including phenoxy) is 2. The second kappa shape index (κ2) is 11.0. The van der Waals surface area contributed by atoms with Crippen LogP contribution < -0.4 is 0 Å². The Bertz CT molecular complexity index is 883. The lowest BCUT2D eigenvalue weighted by molar-refractivity contribution is -0.143. The van der Waals surface area contributed by atoms with Gasteiger partial charge in [0.1, 0.15) is 19.0 Å². The van der Waals surface area contributed by atoms with Crippen LogP contribution >= 0.6 is 90.4 Å². The fourth-order valence-corrected chi connectivity index (χ4v) is 5.59. The van der Waals surface area contributed by atoms with Crippen LogP contribution in [0.5, 0.6) is 0 Å². The van der Waals surface area contributed by atoms with Crippen LogP contribution in [0.1, 0.15) is 27.1 Å². The Morgan fingerprint density at radius 1 is 0.852 bits per heavy atom. The molecule has 14 heteroatoms. The minimum absolute atomic E-state index is 0.0999. The molecule has 1 aromatic carbocycles. The molecule has 0 unspecified atom stereocenters. The number of halogens is 4. The van der Waals surface area contributed by atoms with Gasteiger partial charge in [-0.2, -0.15) is 8.42 Å². The quantitative estimate of drug-likeness (QED) is 0.133. The molecule has 0 aliphatic heterocycles. The average molecular weight is 850 g/mol. The fourth-order valence-electron chi connectivity index (χ4n) is 1.66. The lowest BCUT2D eigenvalue weighted by Gasteiger charge is -2.14. The lowest BCUT2D eigenvalue weighted by Crippen LogP contribution is -2.20. The van der Waals surface area contributed by atoms with E-state index in [0.717, 1.165) is 0 Å². The first-order chi connectivity index (χ1) is 12.4. The zero-order valence-electron chi connectivity index (χ0n) is 13.0. The Labute approximate surface area is 208 Å². The Morgan fingerprint density at radius 3 is 1.85 bits per heavy atom. The molecule has 0 bridgehead atoms. The molecule has 0 fully saturated rings. The van der Waals surface area contributed by atoms with E-state index in [4.69, 9.17) is 9.29 Å². The van der Waals surface area contributed by atoms with Crippen LogP contribution in [0.4, 0.5) is 0 Å². The van der Waals surface area contributed by atoms with E-state index in [0.29, 0.717) is 14.3 Å². The van der Waals surface area contributed by atoms with Crippen LogP contribution in [-0.4, -0.2) is 55.0 Å². The molecule has 0 aromatic heterocycles. The molecular weight excluding hydrogens is 840 g/mol. The summed E-state index contributed by atoms with van der Waals surface area (Å²) in [5, 5.41) is 9.45. The molecule has 150 valence electrons. The van der Waals surface area contributed by atoms with Crippen molar-refractivity contribution in [2.45, 2.75) is 6.42 Å². The highest BCUT2D eigenvalue weighted by atomic mass is 127. The number of rotatable bonds is 8. The maximum Gasteiger partial charge on any atom is 0.340 e. The number of benzene rings is 1. The van der Waals surface area contributed by atoms with E-state index >= 15 is 0 Å². The molecule has 27 heavy (non-hydrogen) atoms. The number of carboxylic acids is 1. The summed E-state index contributed by atoms with van der Waals surface area (Å²) in [6.45, 7) is -0.905. The van der Waals surface area contributed by atoms with Crippen LogP contribution in [0.3, 0.4) is 0 Å². The highest BCUT2D eigenvalue weighted by Gasteiger charge is 2.28. The molecular formula is C13H10I4O9S. The van der Waals surface area contributed by atoms with Crippen LogP contribution in [0.15, 0.2) is 0 Å². The first-order valence-electron chi connectivity index (χ1n) is 6.74. The molecule has 2 N–H and O–H groups in total. The molecule has 0 radical (unpaired) electrons. The summed E-state index contributed by atoms with van der Waals surface area (Å²) in [5.41, 5.74) is -0.275. The van der Waals surface area contributed by atoms with E-state index in [2.05, 4.69) is 4.74 Å². The summed E-state index contributed by atoms with van der Waals surface area (Å²) in [4.78, 5) is 35.4. The molecule has 0 amide bonds. The molecule has 0 atom stereocenters. The van der Waals surface area contributed by atoms with Gasteiger partial charge in [0.2, 0.25) is 0 Å². The zero-order chi connectivity index (χ0) is 20.9. The summed E-state index contributed by atoms with van der Waals surface area (Å²) in [5.74, 6) is -3.73. The van der Waals surface area contributed by atoms with Gasteiger partial charge in [-0.1, -0.05) is 0 Å². The first-order valence-corrected chi connectivity index (χ1v) is 12.7. The van der Waals surface area contributed by atoms with E-state index in [1.54, 1.807) is 0 Å². The van der Waals surface area contributed by atoms with E-state index < -0.39 is 40.4 Å². The maximum atomic E-state index is 12.4. The number of carbonyl (C=O) groups is 3. The Balaban J connectivity index is 2.81. The van der Waals surface area contributed by atoms with Crippen molar-refractivity contribution in [3.8, 4) is 0 Å². The molecule has 0 heterocycles. The minimum Gasteiger partial charge on any atom is -0.478 e. The standard InChI is InChI=1S/C13H10I4O9S/c14-8-6(12(19)20)7(9(15)11(17)10(8)16)13(21)26-2-1-5(18)25-3-4-27(22,23)24/h1-4H2,(H,19,20)(H,22,23,24). The second-order valence-electron chi connectivity index (χ2n) is 4.70. The average Bonchev–Trinajstić information content (AvgIpc) is 2.54. The van der Waals surface area contributed by atoms with E-state index in [1.165, 1.54) is 0 Å². The maximum absolute atomic E-state index is 12.4. The van der Waals surface area contributed by atoms with Gasteiger partial charge in [0, 0.05) is 14.3 Å². The van der Waals surface area contributed by atoms with Crippen LogP contribution in [-0.2, 0) is 24.4 Å². The van der Waals surface area contributed by atoms with Crippen molar-refractivity contribution in [2.24, 2.45) is 0 Å². The Hall–Kier alpha value is 0.460. The predicted molar refractivity (Wildman–Crippen MR) is 127 cm³/mol. The van der Waals surface area contributed by atoms with Gasteiger partial charge < -0.3 is 14.6 Å². The molecule has 9 nitrogen and oxygen atoms in total. The fraction of sp³-hybridized carbons (Fsp3) is 0.308. The summed E-state index contributed by atoms with van der Waals surface area (Å²) < 4.78 is 41.4. The largest absolute Gasteiger partial charge is 0.478 e. The van der Waals surface area contributed by atoms with Crippen LogP contribution in [0.25, 0.3) is 0 Å². The van der Waals surface area contributed by atoms with Gasteiger partial charge in [-0.15, -0.1) is 0 Å². The molecule has 1 rings (SSSR count). The SMILES string of the molecule is O=C(CCOC(=O)c1c(I)c(I)c(I)c(I)c1C(=O)O)OCCS(=O)(=O)O. The Kier molecular flexibility index (Phi) is 10.4. The van der Waals surface area contributed by atoms with Gasteiger partial charge in [-0.05, 0) is 90.4 Å². The van der Waals surface area contributed by atoms with Crippen molar-refractivity contribution < 1.29 is 41.9 Å². The van der Waals surface area contributed by atoms with Crippen molar-refractivity contribution in [3.63, 3.8) is 0 Å². The number of carbonyl (C=O) groups excluding carboxylic acids is 2. The van der Waals surface area contributed by atoms with Gasteiger partial charge in [0.05, 0.1) is 17.5 Å². The normalized spacial score (nSPS) is 11.1. The number of hydrogen-bond acceptors (Lipinski definition) is 7. The molecule has 0 aliphatic carbocycles. The summed E-state index contributed by atoms with van der Waals surface area (Å²) in [6, 6.07) is 0. The monoisotopic (exact) mass is 850 g/mol. The smallest absolute Gasteiger partial charge is 0.340 e. The highest BCUT2D eigenvalue weighted by Crippen LogP contribution is 2.33. The summed E-state index contributed by atoms with van der Waals surface area (Å²) in [7, 11) is -4.24. The van der Waals surface area contributed by atoms with E-state index in [-0.39, 0.29) is 24.2 Å².